The maximum atomic E-state index is 10.8. The summed E-state index contributed by atoms with van der Waals surface area (Å²) in [6.07, 6.45) is 3.93. The molecule has 1 amide bonds. The lowest BCUT2D eigenvalue weighted by molar-refractivity contribution is -0.118. The average Bonchev–Trinajstić information content (AvgIpc) is 2.16. The number of allylic oxidation sites excluding steroid dienone is 2. The minimum absolute atomic E-state index is 0.0265. The van der Waals surface area contributed by atoms with Gasteiger partial charge in [-0.2, -0.15) is 0 Å². The zero-order valence-electron chi connectivity index (χ0n) is 8.36. The second kappa shape index (κ2) is 4.13. The quantitative estimate of drug-likeness (QED) is 0.551. The SMILES string of the molecule is C=CC1=C(C(=C)O)CCC(C)N1C=O. The molecular formula is C11H15NO2. The molecule has 1 aliphatic rings. The van der Waals surface area contributed by atoms with E-state index in [4.69, 9.17) is 0 Å². The highest BCUT2D eigenvalue weighted by atomic mass is 16.3. The first-order valence-corrected chi connectivity index (χ1v) is 4.59. The molecule has 0 bridgehead atoms. The van der Waals surface area contributed by atoms with Crippen LogP contribution >= 0.6 is 0 Å². The predicted octanol–water partition coefficient (Wildman–Crippen LogP) is 2.14. The fraction of sp³-hybridized carbons (Fsp3) is 0.364. The van der Waals surface area contributed by atoms with E-state index in [1.807, 2.05) is 6.92 Å². The third kappa shape index (κ3) is 1.71. The molecule has 1 heterocycles. The third-order valence-electron chi connectivity index (χ3n) is 2.53. The molecule has 0 radical (unpaired) electrons. The zero-order valence-corrected chi connectivity index (χ0v) is 8.36. The van der Waals surface area contributed by atoms with E-state index < -0.39 is 0 Å². The van der Waals surface area contributed by atoms with Crippen molar-refractivity contribution in [3.05, 3.63) is 36.3 Å². The molecule has 0 saturated carbocycles. The number of nitrogens with zero attached hydrogens (tertiary/aromatic N) is 1. The Balaban J connectivity index is 3.15. The van der Waals surface area contributed by atoms with Crippen LogP contribution in [0.4, 0.5) is 0 Å². The standard InChI is InChI=1S/C11H15NO2/c1-4-11-10(9(3)14)6-5-8(2)12(11)7-13/h4,7-8,14H,1,3,5-6H2,2H3. The number of carbonyl (C=O) groups is 1. The second-order valence-corrected chi connectivity index (χ2v) is 3.41. The van der Waals surface area contributed by atoms with Crippen LogP contribution in [-0.2, 0) is 4.79 Å². The summed E-state index contributed by atoms with van der Waals surface area (Å²) in [6.45, 7) is 9.08. The molecule has 14 heavy (non-hydrogen) atoms. The largest absolute Gasteiger partial charge is 0.508 e. The van der Waals surface area contributed by atoms with Crippen molar-refractivity contribution in [3.8, 4) is 0 Å². The first-order valence-electron chi connectivity index (χ1n) is 4.59. The van der Waals surface area contributed by atoms with E-state index in [0.29, 0.717) is 11.3 Å². The average molecular weight is 193 g/mol. The summed E-state index contributed by atoms with van der Waals surface area (Å²) in [4.78, 5) is 12.4. The summed E-state index contributed by atoms with van der Waals surface area (Å²) in [5, 5.41) is 9.34. The number of aliphatic hydroxyl groups excluding tert-OH is 1. The molecule has 1 rings (SSSR count). The molecule has 0 aromatic heterocycles. The van der Waals surface area contributed by atoms with Crippen molar-refractivity contribution in [1.82, 2.24) is 4.90 Å². The van der Waals surface area contributed by atoms with Crippen LogP contribution in [0.15, 0.2) is 36.3 Å². The van der Waals surface area contributed by atoms with E-state index in [1.165, 1.54) is 0 Å². The molecule has 0 aromatic rings. The van der Waals surface area contributed by atoms with Crippen molar-refractivity contribution in [2.24, 2.45) is 0 Å². The fourth-order valence-electron chi connectivity index (χ4n) is 1.70. The summed E-state index contributed by atoms with van der Waals surface area (Å²) >= 11 is 0. The number of amides is 1. The zero-order chi connectivity index (χ0) is 10.7. The summed E-state index contributed by atoms with van der Waals surface area (Å²) in [6, 6.07) is 0.156. The molecule has 0 fully saturated rings. The lowest BCUT2D eigenvalue weighted by Crippen LogP contribution is -2.34. The molecule has 3 heteroatoms. The van der Waals surface area contributed by atoms with Gasteiger partial charge in [-0.25, -0.2) is 0 Å². The van der Waals surface area contributed by atoms with Crippen LogP contribution < -0.4 is 0 Å². The van der Waals surface area contributed by atoms with Crippen LogP contribution in [0.1, 0.15) is 19.8 Å². The van der Waals surface area contributed by atoms with E-state index >= 15 is 0 Å². The van der Waals surface area contributed by atoms with Gasteiger partial charge in [0.15, 0.2) is 0 Å². The Kier molecular flexibility index (Phi) is 3.12. The summed E-state index contributed by atoms with van der Waals surface area (Å²) in [7, 11) is 0. The molecule has 1 atom stereocenters. The molecule has 0 saturated heterocycles. The molecule has 76 valence electrons. The Bertz CT molecular complexity index is 304. The number of carbonyl (C=O) groups excluding carboxylic acids is 1. The third-order valence-corrected chi connectivity index (χ3v) is 2.53. The number of rotatable bonds is 3. The van der Waals surface area contributed by atoms with Crippen molar-refractivity contribution in [1.29, 1.82) is 0 Å². The Hall–Kier alpha value is -1.51. The number of hydrogen-bond donors (Lipinski definition) is 1. The van der Waals surface area contributed by atoms with Crippen molar-refractivity contribution in [2.75, 3.05) is 0 Å². The smallest absolute Gasteiger partial charge is 0.214 e. The van der Waals surface area contributed by atoms with Gasteiger partial charge in [-0.3, -0.25) is 4.79 Å². The van der Waals surface area contributed by atoms with E-state index in [9.17, 15) is 9.90 Å². The van der Waals surface area contributed by atoms with Gasteiger partial charge < -0.3 is 10.0 Å². The lowest BCUT2D eigenvalue weighted by atomic mass is 9.96. The molecule has 3 nitrogen and oxygen atoms in total. The van der Waals surface area contributed by atoms with Gasteiger partial charge in [-0.1, -0.05) is 13.2 Å². The first kappa shape index (κ1) is 10.6. The van der Waals surface area contributed by atoms with Crippen LogP contribution in [0, 0.1) is 0 Å². The molecule has 0 aromatic carbocycles. The van der Waals surface area contributed by atoms with Gasteiger partial charge in [-0.05, 0) is 25.8 Å². The van der Waals surface area contributed by atoms with Crippen LogP contribution in [0.25, 0.3) is 0 Å². The summed E-state index contributed by atoms with van der Waals surface area (Å²) in [5.74, 6) is 0.0265. The summed E-state index contributed by atoms with van der Waals surface area (Å²) < 4.78 is 0. The number of aliphatic hydroxyl groups is 1. The van der Waals surface area contributed by atoms with E-state index in [1.54, 1.807) is 11.0 Å². The molecule has 1 unspecified atom stereocenters. The van der Waals surface area contributed by atoms with Crippen molar-refractivity contribution < 1.29 is 9.90 Å². The highest BCUT2D eigenvalue weighted by Crippen LogP contribution is 2.29. The number of hydrogen-bond acceptors (Lipinski definition) is 2. The molecule has 1 aliphatic heterocycles. The normalized spacial score (nSPS) is 22.1. The fourth-order valence-corrected chi connectivity index (χ4v) is 1.70. The van der Waals surface area contributed by atoms with E-state index in [2.05, 4.69) is 13.2 Å². The van der Waals surface area contributed by atoms with Gasteiger partial charge in [0, 0.05) is 17.3 Å². The first-order chi connectivity index (χ1) is 6.61. The van der Waals surface area contributed by atoms with E-state index in [-0.39, 0.29) is 11.8 Å². The van der Waals surface area contributed by atoms with Gasteiger partial charge in [0.05, 0.1) is 0 Å². The van der Waals surface area contributed by atoms with Gasteiger partial charge in [0.1, 0.15) is 5.76 Å². The van der Waals surface area contributed by atoms with Crippen molar-refractivity contribution in [2.45, 2.75) is 25.8 Å². The highest BCUT2D eigenvalue weighted by molar-refractivity contribution is 5.56. The van der Waals surface area contributed by atoms with Crippen LogP contribution in [0.5, 0.6) is 0 Å². The second-order valence-electron chi connectivity index (χ2n) is 3.41. The van der Waals surface area contributed by atoms with Gasteiger partial charge in [-0.15, -0.1) is 0 Å². The topological polar surface area (TPSA) is 40.5 Å². The Morgan fingerprint density at radius 3 is 2.79 bits per heavy atom. The molecule has 0 aliphatic carbocycles. The Morgan fingerprint density at radius 2 is 2.36 bits per heavy atom. The monoisotopic (exact) mass is 193 g/mol. The van der Waals surface area contributed by atoms with Crippen LogP contribution in [-0.4, -0.2) is 22.5 Å². The van der Waals surface area contributed by atoms with E-state index in [0.717, 1.165) is 19.3 Å². The molecule has 0 spiro atoms. The van der Waals surface area contributed by atoms with Gasteiger partial charge >= 0.3 is 0 Å². The van der Waals surface area contributed by atoms with Crippen LogP contribution in [0.2, 0.25) is 0 Å². The van der Waals surface area contributed by atoms with Gasteiger partial charge in [0.2, 0.25) is 6.41 Å². The Morgan fingerprint density at radius 1 is 1.71 bits per heavy atom. The molecule has 1 N–H and O–H groups in total. The molecular weight excluding hydrogens is 178 g/mol. The summed E-state index contributed by atoms with van der Waals surface area (Å²) in [5.41, 5.74) is 1.39. The minimum atomic E-state index is 0.0265. The van der Waals surface area contributed by atoms with Crippen molar-refractivity contribution >= 4 is 6.41 Å². The predicted molar refractivity (Wildman–Crippen MR) is 55.6 cm³/mol. The van der Waals surface area contributed by atoms with Crippen LogP contribution in [0.3, 0.4) is 0 Å². The van der Waals surface area contributed by atoms with Gasteiger partial charge in [0.25, 0.3) is 0 Å². The lowest BCUT2D eigenvalue weighted by Gasteiger charge is -2.32. The van der Waals surface area contributed by atoms with Crippen molar-refractivity contribution in [3.63, 3.8) is 0 Å². The minimum Gasteiger partial charge on any atom is -0.508 e. The maximum Gasteiger partial charge on any atom is 0.214 e. The maximum absolute atomic E-state index is 10.8. The highest BCUT2D eigenvalue weighted by Gasteiger charge is 2.24. The Labute approximate surface area is 84.0 Å².